The van der Waals surface area contributed by atoms with Gasteiger partial charge in [-0.25, -0.2) is 4.98 Å². The van der Waals surface area contributed by atoms with Crippen molar-refractivity contribution in [3.05, 3.63) is 52.6 Å². The second-order valence-electron chi connectivity index (χ2n) is 4.66. The summed E-state index contributed by atoms with van der Waals surface area (Å²) in [5, 5.41) is 3.46. The Bertz CT molecular complexity index is 542. The molecular formula is C16H19BrN2O. The highest BCUT2D eigenvalue weighted by atomic mass is 79.9. The van der Waals surface area contributed by atoms with Gasteiger partial charge in [0.1, 0.15) is 5.75 Å². The van der Waals surface area contributed by atoms with Crippen LogP contribution in [0.25, 0.3) is 0 Å². The maximum atomic E-state index is 5.77. The van der Waals surface area contributed by atoms with E-state index >= 15 is 0 Å². The number of nitrogens with zero attached hydrogens (tertiary/aromatic N) is 1. The van der Waals surface area contributed by atoms with Crippen molar-refractivity contribution in [1.29, 1.82) is 0 Å². The molecule has 0 radical (unpaired) electrons. The molecule has 0 aliphatic heterocycles. The minimum Gasteiger partial charge on any atom is -0.439 e. The lowest BCUT2D eigenvalue weighted by Gasteiger charge is -2.14. The summed E-state index contributed by atoms with van der Waals surface area (Å²) < 4.78 is 6.80. The van der Waals surface area contributed by atoms with Gasteiger partial charge in [-0.3, -0.25) is 0 Å². The van der Waals surface area contributed by atoms with E-state index in [1.165, 1.54) is 5.56 Å². The highest BCUT2D eigenvalue weighted by molar-refractivity contribution is 9.10. The zero-order valence-corrected chi connectivity index (χ0v) is 13.4. The van der Waals surface area contributed by atoms with Gasteiger partial charge in [0.15, 0.2) is 0 Å². The summed E-state index contributed by atoms with van der Waals surface area (Å²) in [6.07, 6.45) is 2.91. The van der Waals surface area contributed by atoms with Crippen molar-refractivity contribution in [2.45, 2.75) is 26.3 Å². The van der Waals surface area contributed by atoms with E-state index in [4.69, 9.17) is 4.74 Å². The monoisotopic (exact) mass is 334 g/mol. The van der Waals surface area contributed by atoms with Crippen LogP contribution in [0.1, 0.15) is 31.9 Å². The molecular weight excluding hydrogens is 316 g/mol. The molecule has 0 amide bonds. The molecule has 20 heavy (non-hydrogen) atoms. The third-order valence-corrected chi connectivity index (χ3v) is 3.52. The largest absolute Gasteiger partial charge is 0.439 e. The van der Waals surface area contributed by atoms with Gasteiger partial charge >= 0.3 is 0 Å². The Balaban J connectivity index is 2.07. The summed E-state index contributed by atoms with van der Waals surface area (Å²) in [4.78, 5) is 4.26. The van der Waals surface area contributed by atoms with Crippen molar-refractivity contribution in [3.63, 3.8) is 0 Å². The Labute approximate surface area is 128 Å². The number of ether oxygens (including phenoxy) is 1. The van der Waals surface area contributed by atoms with Gasteiger partial charge in [-0.05, 0) is 55.8 Å². The summed E-state index contributed by atoms with van der Waals surface area (Å²) in [7, 11) is 0. The number of halogens is 1. The first-order chi connectivity index (χ1) is 9.69. The number of hydrogen-bond donors (Lipinski definition) is 1. The van der Waals surface area contributed by atoms with Crippen molar-refractivity contribution in [2.24, 2.45) is 0 Å². The third-order valence-electron chi connectivity index (χ3n) is 3.00. The van der Waals surface area contributed by atoms with E-state index in [1.807, 2.05) is 36.4 Å². The molecule has 0 saturated carbocycles. The van der Waals surface area contributed by atoms with Crippen molar-refractivity contribution in [2.75, 3.05) is 6.54 Å². The zero-order chi connectivity index (χ0) is 14.4. The van der Waals surface area contributed by atoms with Crippen LogP contribution in [-0.2, 0) is 0 Å². The van der Waals surface area contributed by atoms with Gasteiger partial charge in [-0.15, -0.1) is 0 Å². The maximum Gasteiger partial charge on any atom is 0.219 e. The SMILES string of the molecule is CCCNC(C)c1ccnc(Oc2ccc(Br)cc2)c1. The highest BCUT2D eigenvalue weighted by Gasteiger charge is 2.06. The minimum atomic E-state index is 0.296. The summed E-state index contributed by atoms with van der Waals surface area (Å²) in [6.45, 7) is 5.31. The molecule has 0 aliphatic carbocycles. The van der Waals surface area contributed by atoms with E-state index in [1.54, 1.807) is 6.20 Å². The molecule has 3 nitrogen and oxygen atoms in total. The molecule has 0 fully saturated rings. The van der Waals surface area contributed by atoms with Crippen LogP contribution in [0.5, 0.6) is 11.6 Å². The fraction of sp³-hybridized carbons (Fsp3) is 0.312. The molecule has 2 rings (SSSR count). The van der Waals surface area contributed by atoms with Crippen molar-refractivity contribution in [1.82, 2.24) is 10.3 Å². The molecule has 0 saturated heterocycles. The number of aromatic nitrogens is 1. The molecule has 1 atom stereocenters. The minimum absolute atomic E-state index is 0.296. The van der Waals surface area contributed by atoms with Crippen LogP contribution in [0.15, 0.2) is 47.1 Å². The smallest absolute Gasteiger partial charge is 0.219 e. The van der Waals surface area contributed by atoms with Crippen LogP contribution >= 0.6 is 15.9 Å². The van der Waals surface area contributed by atoms with Gasteiger partial charge < -0.3 is 10.1 Å². The molecule has 1 heterocycles. The van der Waals surface area contributed by atoms with Gasteiger partial charge in [0.25, 0.3) is 0 Å². The predicted octanol–water partition coefficient (Wildman–Crippen LogP) is 4.70. The van der Waals surface area contributed by atoms with Crippen LogP contribution in [0.2, 0.25) is 0 Å². The van der Waals surface area contributed by atoms with Crippen LogP contribution < -0.4 is 10.1 Å². The molecule has 1 aromatic carbocycles. The van der Waals surface area contributed by atoms with Crippen LogP contribution in [0.4, 0.5) is 0 Å². The quantitative estimate of drug-likeness (QED) is 0.831. The van der Waals surface area contributed by atoms with Gasteiger partial charge in [0.05, 0.1) is 0 Å². The lowest BCUT2D eigenvalue weighted by molar-refractivity contribution is 0.460. The Morgan fingerprint density at radius 2 is 2.00 bits per heavy atom. The van der Waals surface area contributed by atoms with E-state index in [2.05, 4.69) is 40.1 Å². The van der Waals surface area contributed by atoms with Crippen molar-refractivity contribution < 1.29 is 4.74 Å². The van der Waals surface area contributed by atoms with Gasteiger partial charge in [-0.2, -0.15) is 0 Å². The molecule has 106 valence electrons. The van der Waals surface area contributed by atoms with Crippen LogP contribution in [0, 0.1) is 0 Å². The predicted molar refractivity (Wildman–Crippen MR) is 85.2 cm³/mol. The summed E-state index contributed by atoms with van der Waals surface area (Å²) >= 11 is 3.41. The second kappa shape index (κ2) is 7.41. The molecule has 1 unspecified atom stereocenters. The van der Waals surface area contributed by atoms with Crippen molar-refractivity contribution >= 4 is 15.9 Å². The molecule has 4 heteroatoms. The standard InChI is InChI=1S/C16H19BrN2O/c1-3-9-18-12(2)13-8-10-19-16(11-13)20-15-6-4-14(17)5-7-15/h4-8,10-12,18H,3,9H2,1-2H3. The van der Waals surface area contributed by atoms with Crippen LogP contribution in [0.3, 0.4) is 0 Å². The Hall–Kier alpha value is -1.39. The van der Waals surface area contributed by atoms with Crippen molar-refractivity contribution in [3.8, 4) is 11.6 Å². The Morgan fingerprint density at radius 1 is 1.25 bits per heavy atom. The molecule has 0 aliphatic rings. The van der Waals surface area contributed by atoms with E-state index in [-0.39, 0.29) is 0 Å². The Morgan fingerprint density at radius 3 is 2.70 bits per heavy atom. The van der Waals surface area contributed by atoms with Gasteiger partial charge in [0, 0.05) is 22.8 Å². The second-order valence-corrected chi connectivity index (χ2v) is 5.57. The van der Waals surface area contributed by atoms with Gasteiger partial charge in [-0.1, -0.05) is 22.9 Å². The average molecular weight is 335 g/mol. The first kappa shape index (κ1) is 15.0. The first-order valence-electron chi connectivity index (χ1n) is 6.82. The normalized spacial score (nSPS) is 12.2. The highest BCUT2D eigenvalue weighted by Crippen LogP contribution is 2.23. The topological polar surface area (TPSA) is 34.2 Å². The fourth-order valence-corrected chi connectivity index (χ4v) is 2.12. The summed E-state index contributed by atoms with van der Waals surface area (Å²) in [6, 6.07) is 12.0. The van der Waals surface area contributed by atoms with E-state index in [0.29, 0.717) is 11.9 Å². The van der Waals surface area contributed by atoms with E-state index in [0.717, 1.165) is 23.2 Å². The first-order valence-corrected chi connectivity index (χ1v) is 7.61. The maximum absolute atomic E-state index is 5.77. The lowest BCUT2D eigenvalue weighted by Crippen LogP contribution is -2.19. The number of rotatable bonds is 6. The van der Waals surface area contributed by atoms with Gasteiger partial charge in [0.2, 0.25) is 5.88 Å². The number of pyridine rings is 1. The number of nitrogens with one attached hydrogen (secondary N) is 1. The molecule has 2 aromatic rings. The van der Waals surface area contributed by atoms with E-state index in [9.17, 15) is 0 Å². The third kappa shape index (κ3) is 4.32. The molecule has 1 aromatic heterocycles. The zero-order valence-electron chi connectivity index (χ0n) is 11.8. The molecule has 0 spiro atoms. The summed E-state index contributed by atoms with van der Waals surface area (Å²) in [5.74, 6) is 1.40. The van der Waals surface area contributed by atoms with E-state index < -0.39 is 0 Å². The average Bonchev–Trinajstić information content (AvgIpc) is 2.47. The molecule has 1 N–H and O–H groups in total. The number of benzene rings is 1. The fourth-order valence-electron chi connectivity index (χ4n) is 1.85. The summed E-state index contributed by atoms with van der Waals surface area (Å²) in [5.41, 5.74) is 1.18. The number of hydrogen-bond acceptors (Lipinski definition) is 3. The van der Waals surface area contributed by atoms with Crippen LogP contribution in [-0.4, -0.2) is 11.5 Å². The lowest BCUT2D eigenvalue weighted by atomic mass is 10.1. The molecule has 0 bridgehead atoms. The Kier molecular flexibility index (Phi) is 5.56.